The summed E-state index contributed by atoms with van der Waals surface area (Å²) in [5, 5.41) is -0.311. The lowest BCUT2D eigenvalue weighted by Crippen LogP contribution is -2.22. The van der Waals surface area contributed by atoms with Crippen LogP contribution in [0.2, 0.25) is 0 Å². The first-order valence-electron chi connectivity index (χ1n) is 8.85. The molecule has 2 atom stereocenters. The molecule has 0 radical (unpaired) electrons. The van der Waals surface area contributed by atoms with Crippen molar-refractivity contribution < 1.29 is 0 Å². The highest BCUT2D eigenvalue weighted by atomic mass is 31.0. The van der Waals surface area contributed by atoms with Crippen molar-refractivity contribution in [1.29, 1.82) is 0 Å². The average Bonchev–Trinajstić information content (AvgIpc) is 2.75. The van der Waals surface area contributed by atoms with Crippen LogP contribution in [-0.2, 0) is 5.16 Å². The van der Waals surface area contributed by atoms with Crippen LogP contribution in [0.15, 0.2) is 115 Å². The van der Waals surface area contributed by atoms with Gasteiger partial charge in [0.1, 0.15) is 0 Å². The highest BCUT2D eigenvalue weighted by Gasteiger charge is 2.33. The van der Waals surface area contributed by atoms with Crippen LogP contribution in [0.25, 0.3) is 11.1 Å². The Hall–Kier alpha value is -2.26. The third-order valence-electron chi connectivity index (χ3n) is 4.89. The molecule has 0 aliphatic carbocycles. The molecule has 0 fully saturated rings. The monoisotopic (exact) mass is 386 g/mol. The molecule has 4 aromatic rings. The van der Waals surface area contributed by atoms with E-state index in [1.165, 1.54) is 27.8 Å². The number of hydrogen-bond donors (Lipinski definition) is 0. The Morgan fingerprint density at radius 3 is 1.41 bits per heavy atom. The van der Waals surface area contributed by atoms with Gasteiger partial charge >= 0.3 is 0 Å². The average molecular weight is 386 g/mol. The summed E-state index contributed by atoms with van der Waals surface area (Å²) >= 11 is 0. The molecule has 134 valence electrons. The van der Waals surface area contributed by atoms with Gasteiger partial charge in [0, 0.05) is 0 Å². The predicted octanol–water partition coefficient (Wildman–Crippen LogP) is 6.58. The Balaban J connectivity index is 0.00000210. The van der Waals surface area contributed by atoms with E-state index in [2.05, 4.69) is 125 Å². The summed E-state index contributed by atoms with van der Waals surface area (Å²) < 4.78 is 0. The topological polar surface area (TPSA) is 0 Å². The Labute approximate surface area is 167 Å². The van der Waals surface area contributed by atoms with E-state index in [1.54, 1.807) is 0 Å². The van der Waals surface area contributed by atoms with Gasteiger partial charge in [-0.15, -0.1) is 9.24 Å². The fraction of sp³-hybridized carbons (Fsp3) is 0.0400. The molecule has 0 aromatic heterocycles. The predicted molar refractivity (Wildman–Crippen MR) is 125 cm³/mol. The highest BCUT2D eigenvalue weighted by molar-refractivity contribution is 7.19. The molecule has 4 aromatic carbocycles. The van der Waals surface area contributed by atoms with Gasteiger partial charge in [-0.2, -0.15) is 9.90 Å². The van der Waals surface area contributed by atoms with Gasteiger partial charge in [-0.3, -0.25) is 0 Å². The molecule has 0 aliphatic rings. The lowest BCUT2D eigenvalue weighted by Gasteiger charge is -2.33. The summed E-state index contributed by atoms with van der Waals surface area (Å²) in [6.45, 7) is 0. The summed E-state index contributed by atoms with van der Waals surface area (Å²) in [5.74, 6) is 0. The maximum atomic E-state index is 3.14. The van der Waals surface area contributed by atoms with E-state index in [9.17, 15) is 0 Å². The standard InChI is InChI=1S/C25H21P.H3P/c26-25(21-14-6-2-7-15-21,22-16-8-3-9-17-22)24-19-11-10-18-23(24)20-12-4-1-5-13-20;/h1-19H,26H2;1H3. The second-order valence-electron chi connectivity index (χ2n) is 6.45. The van der Waals surface area contributed by atoms with E-state index in [1.807, 2.05) is 0 Å². The molecule has 0 spiro atoms. The van der Waals surface area contributed by atoms with Gasteiger partial charge in [0.25, 0.3) is 0 Å². The molecule has 0 N–H and O–H groups in total. The van der Waals surface area contributed by atoms with E-state index in [-0.39, 0.29) is 15.1 Å². The lowest BCUT2D eigenvalue weighted by molar-refractivity contribution is 0.899. The van der Waals surface area contributed by atoms with Crippen LogP contribution in [-0.4, -0.2) is 0 Å². The fourth-order valence-electron chi connectivity index (χ4n) is 3.58. The van der Waals surface area contributed by atoms with Crippen molar-refractivity contribution in [2.45, 2.75) is 5.16 Å². The van der Waals surface area contributed by atoms with Crippen LogP contribution >= 0.6 is 19.1 Å². The summed E-state index contributed by atoms with van der Waals surface area (Å²) in [4.78, 5) is 0. The Morgan fingerprint density at radius 1 is 0.481 bits per heavy atom. The maximum Gasteiger partial charge on any atom is 0.0597 e. The van der Waals surface area contributed by atoms with Crippen LogP contribution in [0.4, 0.5) is 0 Å². The van der Waals surface area contributed by atoms with Crippen LogP contribution in [0.5, 0.6) is 0 Å². The third-order valence-corrected chi connectivity index (χ3v) is 5.87. The van der Waals surface area contributed by atoms with Crippen molar-refractivity contribution in [2.75, 3.05) is 0 Å². The van der Waals surface area contributed by atoms with E-state index < -0.39 is 0 Å². The summed E-state index contributed by atoms with van der Waals surface area (Å²) in [7, 11) is 3.14. The highest BCUT2D eigenvalue weighted by Crippen LogP contribution is 2.48. The van der Waals surface area contributed by atoms with Crippen molar-refractivity contribution in [2.24, 2.45) is 0 Å². The molecular weight excluding hydrogens is 362 g/mol. The van der Waals surface area contributed by atoms with Gasteiger partial charge in [0.2, 0.25) is 0 Å². The summed E-state index contributed by atoms with van der Waals surface area (Å²) in [6.07, 6.45) is 0. The van der Waals surface area contributed by atoms with Gasteiger partial charge in [-0.05, 0) is 27.8 Å². The van der Waals surface area contributed by atoms with E-state index in [0.717, 1.165) is 0 Å². The molecule has 0 aliphatic heterocycles. The first-order valence-corrected chi connectivity index (χ1v) is 9.43. The van der Waals surface area contributed by atoms with Gasteiger partial charge in [0.05, 0.1) is 5.16 Å². The lowest BCUT2D eigenvalue weighted by atomic mass is 9.80. The van der Waals surface area contributed by atoms with Crippen molar-refractivity contribution >= 4 is 19.1 Å². The Bertz CT molecular complexity index is 941. The van der Waals surface area contributed by atoms with Crippen LogP contribution < -0.4 is 0 Å². The number of rotatable bonds is 4. The second kappa shape index (κ2) is 8.62. The van der Waals surface area contributed by atoms with E-state index >= 15 is 0 Å². The molecule has 4 rings (SSSR count). The molecule has 0 saturated heterocycles. The van der Waals surface area contributed by atoms with Crippen molar-refractivity contribution in [3.8, 4) is 11.1 Å². The quantitative estimate of drug-likeness (QED) is 0.275. The zero-order chi connectivity index (χ0) is 17.8. The maximum absolute atomic E-state index is 3.14. The van der Waals surface area contributed by atoms with E-state index in [0.29, 0.717) is 0 Å². The van der Waals surface area contributed by atoms with Crippen LogP contribution in [0, 0.1) is 0 Å². The van der Waals surface area contributed by atoms with Crippen LogP contribution in [0.3, 0.4) is 0 Å². The minimum absolute atomic E-state index is 0. The first-order chi connectivity index (χ1) is 12.8. The number of benzene rings is 4. The van der Waals surface area contributed by atoms with Crippen molar-refractivity contribution in [3.63, 3.8) is 0 Å². The van der Waals surface area contributed by atoms with Crippen molar-refractivity contribution in [3.05, 3.63) is 132 Å². The molecule has 2 heteroatoms. The molecule has 2 unspecified atom stereocenters. The Kier molecular flexibility index (Phi) is 6.22. The second-order valence-corrected chi connectivity index (χ2v) is 7.32. The van der Waals surface area contributed by atoms with Crippen molar-refractivity contribution in [1.82, 2.24) is 0 Å². The zero-order valence-corrected chi connectivity index (χ0v) is 17.8. The molecule has 0 nitrogen and oxygen atoms in total. The largest absolute Gasteiger partial charge is 0.153 e. The van der Waals surface area contributed by atoms with Gasteiger partial charge in [-0.25, -0.2) is 0 Å². The van der Waals surface area contributed by atoms with E-state index in [4.69, 9.17) is 0 Å². The minimum Gasteiger partial charge on any atom is -0.153 e. The van der Waals surface area contributed by atoms with Gasteiger partial charge in [-0.1, -0.05) is 115 Å². The minimum atomic E-state index is -0.311. The fourth-order valence-corrected chi connectivity index (χ4v) is 4.21. The summed E-state index contributed by atoms with van der Waals surface area (Å²) in [5.41, 5.74) is 6.31. The molecule has 0 heterocycles. The SMILES string of the molecule is P.PC(c1ccccc1)(c1ccccc1)c1ccccc1-c1ccccc1. The third kappa shape index (κ3) is 3.74. The molecule has 27 heavy (non-hydrogen) atoms. The Morgan fingerprint density at radius 2 is 0.889 bits per heavy atom. The smallest absolute Gasteiger partial charge is 0.0597 e. The number of hydrogen-bond acceptors (Lipinski definition) is 0. The molecular formula is C25H24P2. The zero-order valence-electron chi connectivity index (χ0n) is 15.3. The van der Waals surface area contributed by atoms with Gasteiger partial charge in [0.15, 0.2) is 0 Å². The summed E-state index contributed by atoms with van der Waals surface area (Å²) in [6, 6.07) is 40.8. The molecule has 0 bridgehead atoms. The van der Waals surface area contributed by atoms with Gasteiger partial charge < -0.3 is 0 Å². The van der Waals surface area contributed by atoms with Crippen LogP contribution in [0.1, 0.15) is 16.7 Å². The molecule has 0 saturated carbocycles. The normalized spacial score (nSPS) is 10.9. The molecule has 0 amide bonds. The first kappa shape index (κ1) is 19.5.